The molecule has 0 aromatic carbocycles. The minimum atomic E-state index is -0.0563. The maximum absolute atomic E-state index is 12.7. The van der Waals surface area contributed by atoms with E-state index >= 15 is 0 Å². The molecule has 0 aromatic rings. The first-order valence-electron chi connectivity index (χ1n) is 8.75. The molecule has 2 aliphatic rings. The highest BCUT2D eigenvalue weighted by Crippen LogP contribution is 2.24. The Labute approximate surface area is 133 Å². The normalized spacial score (nSPS) is 27.6. The van der Waals surface area contributed by atoms with Gasteiger partial charge in [0.15, 0.2) is 0 Å². The molecule has 1 N–H and O–H groups in total. The quantitative estimate of drug-likeness (QED) is 0.856. The van der Waals surface area contributed by atoms with Crippen molar-refractivity contribution in [1.82, 2.24) is 9.80 Å². The van der Waals surface area contributed by atoms with Gasteiger partial charge in [0.05, 0.1) is 5.92 Å². The lowest BCUT2D eigenvalue weighted by atomic mass is 9.92. The van der Waals surface area contributed by atoms with Gasteiger partial charge in [-0.2, -0.15) is 0 Å². The van der Waals surface area contributed by atoms with Crippen molar-refractivity contribution < 1.29 is 14.7 Å². The van der Waals surface area contributed by atoms with Crippen molar-refractivity contribution in [3.63, 3.8) is 0 Å². The highest BCUT2D eigenvalue weighted by molar-refractivity contribution is 5.82. The van der Waals surface area contributed by atoms with Gasteiger partial charge in [-0.25, -0.2) is 0 Å². The Balaban J connectivity index is 1.93. The first-order valence-corrected chi connectivity index (χ1v) is 8.75. The summed E-state index contributed by atoms with van der Waals surface area (Å²) in [5.41, 5.74) is 0. The Morgan fingerprint density at radius 1 is 1.14 bits per heavy atom. The Hall–Kier alpha value is -1.10. The molecule has 2 amide bonds. The second-order valence-electron chi connectivity index (χ2n) is 6.91. The molecule has 2 rings (SSSR count). The lowest BCUT2D eigenvalue weighted by molar-refractivity contribution is -0.143. The molecule has 3 unspecified atom stereocenters. The third-order valence-corrected chi connectivity index (χ3v) is 5.21. The largest absolute Gasteiger partial charge is 0.396 e. The molecular formula is C17H30N2O3. The average Bonchev–Trinajstić information content (AvgIpc) is 2.59. The van der Waals surface area contributed by atoms with Gasteiger partial charge in [0.25, 0.3) is 0 Å². The molecule has 126 valence electrons. The molecule has 0 aliphatic carbocycles. The number of nitrogens with zero attached hydrogens (tertiary/aromatic N) is 2. The standard InChI is InChI=1S/C17H30N2O3/c1-3-13(2)16(21)19-9-5-7-15(11-19)17(22)18-8-4-6-14(10-18)12-20/h13-15,20H,3-12H2,1-2H3. The summed E-state index contributed by atoms with van der Waals surface area (Å²) in [6.45, 7) is 6.97. The van der Waals surface area contributed by atoms with Crippen molar-refractivity contribution in [3.05, 3.63) is 0 Å². The number of hydrogen-bond donors (Lipinski definition) is 1. The first-order chi connectivity index (χ1) is 10.6. The summed E-state index contributed by atoms with van der Waals surface area (Å²) in [6, 6.07) is 0. The van der Waals surface area contributed by atoms with Crippen LogP contribution >= 0.6 is 0 Å². The molecule has 0 spiro atoms. The molecule has 5 heteroatoms. The molecule has 5 nitrogen and oxygen atoms in total. The summed E-state index contributed by atoms with van der Waals surface area (Å²) in [7, 11) is 0. The van der Waals surface area contributed by atoms with Crippen LogP contribution in [0.1, 0.15) is 46.0 Å². The Bertz CT molecular complexity index is 399. The van der Waals surface area contributed by atoms with Crippen LogP contribution in [-0.4, -0.2) is 59.5 Å². The van der Waals surface area contributed by atoms with Crippen LogP contribution in [0, 0.1) is 17.8 Å². The van der Waals surface area contributed by atoms with Crippen molar-refractivity contribution in [1.29, 1.82) is 0 Å². The predicted octanol–water partition coefficient (Wildman–Crippen LogP) is 1.50. The first kappa shape index (κ1) is 17.3. The fourth-order valence-electron chi connectivity index (χ4n) is 3.54. The van der Waals surface area contributed by atoms with Crippen LogP contribution in [0.3, 0.4) is 0 Å². The highest BCUT2D eigenvalue weighted by atomic mass is 16.3. The van der Waals surface area contributed by atoms with Gasteiger partial charge in [-0.1, -0.05) is 13.8 Å². The Morgan fingerprint density at radius 2 is 1.82 bits per heavy atom. The zero-order valence-electron chi connectivity index (χ0n) is 14.0. The molecule has 2 heterocycles. The van der Waals surface area contributed by atoms with E-state index in [1.807, 2.05) is 23.6 Å². The predicted molar refractivity (Wildman–Crippen MR) is 85.1 cm³/mol. The van der Waals surface area contributed by atoms with E-state index in [0.29, 0.717) is 13.1 Å². The molecular weight excluding hydrogens is 280 g/mol. The van der Waals surface area contributed by atoms with Crippen molar-refractivity contribution in [2.24, 2.45) is 17.8 Å². The molecule has 0 radical (unpaired) electrons. The van der Waals surface area contributed by atoms with Gasteiger partial charge in [-0.3, -0.25) is 9.59 Å². The Morgan fingerprint density at radius 3 is 2.50 bits per heavy atom. The minimum Gasteiger partial charge on any atom is -0.396 e. The van der Waals surface area contributed by atoms with Crippen LogP contribution in [0.25, 0.3) is 0 Å². The Kier molecular flexibility index (Phi) is 6.24. The van der Waals surface area contributed by atoms with Gasteiger partial charge in [-0.15, -0.1) is 0 Å². The number of hydrogen-bond acceptors (Lipinski definition) is 3. The van der Waals surface area contributed by atoms with Crippen LogP contribution in [0.5, 0.6) is 0 Å². The minimum absolute atomic E-state index is 0.0441. The van der Waals surface area contributed by atoms with E-state index in [1.54, 1.807) is 0 Å². The van der Waals surface area contributed by atoms with Crippen LogP contribution in [0.15, 0.2) is 0 Å². The van der Waals surface area contributed by atoms with Gasteiger partial charge in [0.1, 0.15) is 0 Å². The van der Waals surface area contributed by atoms with Crippen LogP contribution in [0.2, 0.25) is 0 Å². The zero-order chi connectivity index (χ0) is 16.1. The number of aliphatic hydroxyl groups excluding tert-OH is 1. The van der Waals surface area contributed by atoms with E-state index in [4.69, 9.17) is 0 Å². The van der Waals surface area contributed by atoms with Gasteiger partial charge in [-0.05, 0) is 38.0 Å². The average molecular weight is 310 g/mol. The zero-order valence-corrected chi connectivity index (χ0v) is 14.0. The van der Waals surface area contributed by atoms with Crippen molar-refractivity contribution in [3.8, 4) is 0 Å². The molecule has 0 aromatic heterocycles. The van der Waals surface area contributed by atoms with Crippen molar-refractivity contribution >= 4 is 11.8 Å². The van der Waals surface area contributed by atoms with Crippen molar-refractivity contribution in [2.75, 3.05) is 32.8 Å². The topological polar surface area (TPSA) is 60.9 Å². The van der Waals surface area contributed by atoms with Gasteiger partial charge >= 0.3 is 0 Å². The number of carbonyl (C=O) groups is 2. The maximum Gasteiger partial charge on any atom is 0.227 e. The third-order valence-electron chi connectivity index (χ3n) is 5.21. The fourth-order valence-corrected chi connectivity index (χ4v) is 3.54. The smallest absolute Gasteiger partial charge is 0.227 e. The molecule has 2 aliphatic heterocycles. The molecule has 2 saturated heterocycles. The van der Waals surface area contributed by atoms with Crippen LogP contribution in [0.4, 0.5) is 0 Å². The summed E-state index contributed by atoms with van der Waals surface area (Å²) in [6.07, 6.45) is 4.61. The summed E-state index contributed by atoms with van der Waals surface area (Å²) in [5, 5.41) is 9.31. The molecule has 2 fully saturated rings. The van der Waals surface area contributed by atoms with Gasteiger partial charge in [0.2, 0.25) is 11.8 Å². The number of likely N-dealkylation sites (tertiary alicyclic amines) is 2. The van der Waals surface area contributed by atoms with Crippen molar-refractivity contribution in [2.45, 2.75) is 46.0 Å². The fraction of sp³-hybridized carbons (Fsp3) is 0.882. The maximum atomic E-state index is 12.7. The van der Waals surface area contributed by atoms with E-state index in [0.717, 1.165) is 45.2 Å². The molecule has 3 atom stereocenters. The SMILES string of the molecule is CCC(C)C(=O)N1CCCC(C(=O)N2CCCC(CO)C2)C1. The van der Waals surface area contributed by atoms with Crippen LogP contribution < -0.4 is 0 Å². The lowest BCUT2D eigenvalue weighted by Crippen LogP contribution is -2.50. The van der Waals surface area contributed by atoms with E-state index in [2.05, 4.69) is 0 Å². The van der Waals surface area contributed by atoms with E-state index in [1.165, 1.54) is 0 Å². The van der Waals surface area contributed by atoms with Gasteiger partial charge in [0, 0.05) is 38.7 Å². The number of amides is 2. The van der Waals surface area contributed by atoms with Crippen LogP contribution in [-0.2, 0) is 9.59 Å². The van der Waals surface area contributed by atoms with E-state index < -0.39 is 0 Å². The number of carbonyl (C=O) groups excluding carboxylic acids is 2. The number of piperidine rings is 2. The lowest BCUT2D eigenvalue weighted by Gasteiger charge is -2.38. The number of aliphatic hydroxyl groups is 1. The third kappa shape index (κ3) is 4.00. The second kappa shape index (κ2) is 7.95. The highest BCUT2D eigenvalue weighted by Gasteiger charge is 2.33. The summed E-state index contributed by atoms with van der Waals surface area (Å²) < 4.78 is 0. The second-order valence-corrected chi connectivity index (χ2v) is 6.91. The summed E-state index contributed by atoms with van der Waals surface area (Å²) >= 11 is 0. The summed E-state index contributed by atoms with van der Waals surface area (Å²) in [4.78, 5) is 28.9. The van der Waals surface area contributed by atoms with E-state index in [9.17, 15) is 14.7 Å². The van der Waals surface area contributed by atoms with E-state index in [-0.39, 0.29) is 36.2 Å². The molecule has 22 heavy (non-hydrogen) atoms. The molecule has 0 saturated carbocycles. The number of rotatable bonds is 4. The molecule has 0 bridgehead atoms. The summed E-state index contributed by atoms with van der Waals surface area (Å²) in [5.74, 6) is 0.577. The van der Waals surface area contributed by atoms with Gasteiger partial charge < -0.3 is 14.9 Å². The monoisotopic (exact) mass is 310 g/mol.